The van der Waals surface area contributed by atoms with Crippen LogP contribution in [0.1, 0.15) is 24.6 Å². The molecule has 1 heterocycles. The SMILES string of the molecule is CCCC(CN)C(=O)Cc1ccc(Cl)s1. The van der Waals surface area contributed by atoms with E-state index in [1.54, 1.807) is 0 Å². The Labute approximate surface area is 99.4 Å². The van der Waals surface area contributed by atoms with Gasteiger partial charge in [0.25, 0.3) is 0 Å². The maximum atomic E-state index is 11.8. The van der Waals surface area contributed by atoms with E-state index in [-0.39, 0.29) is 11.7 Å². The summed E-state index contributed by atoms with van der Waals surface area (Å²) in [6.07, 6.45) is 2.35. The summed E-state index contributed by atoms with van der Waals surface area (Å²) in [6.45, 7) is 2.52. The van der Waals surface area contributed by atoms with Gasteiger partial charge in [0.1, 0.15) is 5.78 Å². The Morgan fingerprint density at radius 2 is 2.33 bits per heavy atom. The van der Waals surface area contributed by atoms with Crippen LogP contribution in [0.25, 0.3) is 0 Å². The van der Waals surface area contributed by atoms with Gasteiger partial charge in [0, 0.05) is 23.8 Å². The van der Waals surface area contributed by atoms with E-state index in [1.165, 1.54) is 11.3 Å². The van der Waals surface area contributed by atoms with Gasteiger partial charge in [-0.15, -0.1) is 11.3 Å². The van der Waals surface area contributed by atoms with Crippen LogP contribution in [0.2, 0.25) is 4.34 Å². The monoisotopic (exact) mass is 245 g/mol. The summed E-state index contributed by atoms with van der Waals surface area (Å²) < 4.78 is 0.734. The Bertz CT molecular complexity index is 324. The first-order valence-corrected chi connectivity index (χ1v) is 6.33. The van der Waals surface area contributed by atoms with Crippen molar-refractivity contribution in [1.82, 2.24) is 0 Å². The van der Waals surface area contributed by atoms with Gasteiger partial charge < -0.3 is 5.73 Å². The summed E-state index contributed by atoms with van der Waals surface area (Å²) in [7, 11) is 0. The largest absolute Gasteiger partial charge is 0.330 e. The van der Waals surface area contributed by atoms with Crippen LogP contribution >= 0.6 is 22.9 Å². The lowest BCUT2D eigenvalue weighted by Gasteiger charge is -2.11. The Morgan fingerprint density at radius 1 is 1.60 bits per heavy atom. The van der Waals surface area contributed by atoms with Crippen LogP contribution in [-0.4, -0.2) is 12.3 Å². The van der Waals surface area contributed by atoms with Crippen molar-refractivity contribution in [1.29, 1.82) is 0 Å². The topological polar surface area (TPSA) is 43.1 Å². The molecule has 0 radical (unpaired) electrons. The number of carbonyl (C=O) groups is 1. The predicted octanol–water partition coefficient (Wildman–Crippen LogP) is 2.89. The molecule has 1 aromatic heterocycles. The zero-order chi connectivity index (χ0) is 11.3. The summed E-state index contributed by atoms with van der Waals surface area (Å²) in [5.74, 6) is 0.244. The fourth-order valence-electron chi connectivity index (χ4n) is 1.52. The second-order valence-corrected chi connectivity index (χ2v) is 5.37. The maximum Gasteiger partial charge on any atom is 0.142 e. The summed E-state index contributed by atoms with van der Waals surface area (Å²) in [6, 6.07) is 3.73. The summed E-state index contributed by atoms with van der Waals surface area (Å²) in [5, 5.41) is 0. The molecule has 0 spiro atoms. The standard InChI is InChI=1S/C11H16ClNOS/c1-2-3-8(7-13)10(14)6-9-4-5-11(12)15-9/h4-5,8H,2-3,6-7,13H2,1H3. The number of hydrogen-bond acceptors (Lipinski definition) is 3. The molecule has 1 aromatic rings. The molecule has 2 N–H and O–H groups in total. The third-order valence-electron chi connectivity index (χ3n) is 2.35. The first kappa shape index (κ1) is 12.7. The lowest BCUT2D eigenvalue weighted by atomic mass is 9.96. The van der Waals surface area contributed by atoms with Crippen molar-refractivity contribution in [2.75, 3.05) is 6.54 Å². The summed E-state index contributed by atoms with van der Waals surface area (Å²) in [4.78, 5) is 12.9. The number of rotatable bonds is 6. The van der Waals surface area contributed by atoms with Crippen LogP contribution in [0.15, 0.2) is 12.1 Å². The summed E-state index contributed by atoms with van der Waals surface area (Å²) in [5.41, 5.74) is 5.58. The van der Waals surface area contributed by atoms with Crippen molar-refractivity contribution in [3.8, 4) is 0 Å². The first-order chi connectivity index (χ1) is 7.17. The molecule has 2 nitrogen and oxygen atoms in total. The average Bonchev–Trinajstić information content (AvgIpc) is 2.60. The molecule has 0 saturated carbocycles. The van der Waals surface area contributed by atoms with Crippen LogP contribution in [-0.2, 0) is 11.2 Å². The second kappa shape index (κ2) is 6.26. The Hall–Kier alpha value is -0.380. The van der Waals surface area contributed by atoms with Crippen LogP contribution in [0.3, 0.4) is 0 Å². The average molecular weight is 246 g/mol. The molecule has 0 aliphatic heterocycles. The Kier molecular flexibility index (Phi) is 5.29. The molecule has 15 heavy (non-hydrogen) atoms. The van der Waals surface area contributed by atoms with Crippen molar-refractivity contribution in [2.45, 2.75) is 26.2 Å². The van der Waals surface area contributed by atoms with Gasteiger partial charge in [-0.05, 0) is 18.6 Å². The highest BCUT2D eigenvalue weighted by Gasteiger charge is 2.16. The van der Waals surface area contributed by atoms with E-state index in [4.69, 9.17) is 17.3 Å². The molecule has 84 valence electrons. The van der Waals surface area contributed by atoms with E-state index >= 15 is 0 Å². The predicted molar refractivity (Wildman–Crippen MR) is 65.5 cm³/mol. The number of nitrogens with two attached hydrogens (primary N) is 1. The van der Waals surface area contributed by atoms with Crippen LogP contribution in [0.5, 0.6) is 0 Å². The smallest absolute Gasteiger partial charge is 0.142 e. The molecule has 0 fully saturated rings. The first-order valence-electron chi connectivity index (χ1n) is 5.14. The van der Waals surface area contributed by atoms with Crippen molar-refractivity contribution in [2.24, 2.45) is 11.7 Å². The van der Waals surface area contributed by atoms with Crippen molar-refractivity contribution in [3.63, 3.8) is 0 Å². The highest BCUT2D eigenvalue weighted by atomic mass is 35.5. The van der Waals surface area contributed by atoms with Gasteiger partial charge in [0.15, 0.2) is 0 Å². The van der Waals surface area contributed by atoms with Gasteiger partial charge in [0.2, 0.25) is 0 Å². The van der Waals surface area contributed by atoms with E-state index < -0.39 is 0 Å². The molecule has 1 atom stereocenters. The molecular formula is C11H16ClNOS. The van der Waals surface area contributed by atoms with Gasteiger partial charge in [-0.25, -0.2) is 0 Å². The number of ketones is 1. The molecule has 0 saturated heterocycles. The van der Waals surface area contributed by atoms with E-state index in [9.17, 15) is 4.79 Å². The fraction of sp³-hybridized carbons (Fsp3) is 0.545. The zero-order valence-electron chi connectivity index (χ0n) is 8.83. The lowest BCUT2D eigenvalue weighted by molar-refractivity contribution is -0.122. The van der Waals surface area contributed by atoms with E-state index in [0.29, 0.717) is 13.0 Å². The van der Waals surface area contributed by atoms with E-state index in [2.05, 4.69) is 6.92 Å². The molecule has 1 unspecified atom stereocenters. The van der Waals surface area contributed by atoms with Gasteiger partial charge >= 0.3 is 0 Å². The second-order valence-electron chi connectivity index (χ2n) is 3.57. The minimum atomic E-state index is 0.0101. The quantitative estimate of drug-likeness (QED) is 0.838. The molecule has 0 amide bonds. The normalized spacial score (nSPS) is 12.7. The molecule has 0 aliphatic rings. The number of halogens is 1. The number of carbonyl (C=O) groups excluding carboxylic acids is 1. The molecule has 0 aromatic carbocycles. The van der Waals surface area contributed by atoms with Crippen molar-refractivity contribution < 1.29 is 4.79 Å². The van der Waals surface area contributed by atoms with Crippen LogP contribution in [0, 0.1) is 5.92 Å². The number of hydrogen-bond donors (Lipinski definition) is 1. The highest BCUT2D eigenvalue weighted by molar-refractivity contribution is 7.16. The molecule has 0 aliphatic carbocycles. The molecular weight excluding hydrogens is 230 g/mol. The number of Topliss-reactive ketones (excluding diaryl/α,β-unsaturated/α-hetero) is 1. The van der Waals surface area contributed by atoms with Crippen molar-refractivity contribution in [3.05, 3.63) is 21.3 Å². The Morgan fingerprint density at radius 3 is 2.80 bits per heavy atom. The van der Waals surface area contributed by atoms with Gasteiger partial charge in [-0.2, -0.15) is 0 Å². The lowest BCUT2D eigenvalue weighted by Crippen LogP contribution is -2.24. The highest BCUT2D eigenvalue weighted by Crippen LogP contribution is 2.23. The van der Waals surface area contributed by atoms with Gasteiger partial charge in [-0.3, -0.25) is 4.79 Å². The fourth-order valence-corrected chi connectivity index (χ4v) is 2.62. The van der Waals surface area contributed by atoms with E-state index in [0.717, 1.165) is 22.1 Å². The molecule has 1 rings (SSSR count). The zero-order valence-corrected chi connectivity index (χ0v) is 10.4. The van der Waals surface area contributed by atoms with Crippen LogP contribution < -0.4 is 5.73 Å². The van der Waals surface area contributed by atoms with Crippen LogP contribution in [0.4, 0.5) is 0 Å². The molecule has 4 heteroatoms. The Balaban J connectivity index is 2.53. The maximum absolute atomic E-state index is 11.8. The summed E-state index contributed by atoms with van der Waals surface area (Å²) >= 11 is 7.27. The van der Waals surface area contributed by atoms with Crippen molar-refractivity contribution >= 4 is 28.7 Å². The third kappa shape index (κ3) is 3.93. The minimum absolute atomic E-state index is 0.0101. The van der Waals surface area contributed by atoms with E-state index in [1.807, 2.05) is 12.1 Å². The molecule has 0 bridgehead atoms. The van der Waals surface area contributed by atoms with Gasteiger partial charge in [-0.1, -0.05) is 24.9 Å². The minimum Gasteiger partial charge on any atom is -0.330 e. The van der Waals surface area contributed by atoms with Gasteiger partial charge in [0.05, 0.1) is 4.34 Å². The number of thiophene rings is 1. The third-order valence-corrected chi connectivity index (χ3v) is 3.59.